The van der Waals surface area contributed by atoms with E-state index in [1.807, 2.05) is 0 Å². The molecule has 0 atom stereocenters. The molecule has 0 amide bonds. The summed E-state index contributed by atoms with van der Waals surface area (Å²) in [6, 6.07) is 0. The molecule has 0 spiro atoms. The van der Waals surface area contributed by atoms with Crippen molar-refractivity contribution in [3.05, 3.63) is 10.8 Å². The summed E-state index contributed by atoms with van der Waals surface area (Å²) in [5.41, 5.74) is 0. The predicted octanol–water partition coefficient (Wildman–Crippen LogP) is 0.471. The van der Waals surface area contributed by atoms with Crippen molar-refractivity contribution in [1.29, 1.82) is 0 Å². The van der Waals surface area contributed by atoms with Crippen LogP contribution in [0.2, 0.25) is 0 Å². The monoisotopic (exact) mass is 244 g/mol. The molecule has 0 radical (unpaired) electrons. The summed E-state index contributed by atoms with van der Waals surface area (Å²) in [6.07, 6.45) is 1.65. The first-order valence-corrected chi connectivity index (χ1v) is 4.83. The second kappa shape index (κ2) is 3.97. The summed E-state index contributed by atoms with van der Waals surface area (Å²) >= 11 is 3.19. The molecule has 0 aromatic carbocycles. The summed E-state index contributed by atoms with van der Waals surface area (Å²) in [7, 11) is 0. The zero-order chi connectivity index (χ0) is 9.10. The standard InChI is InChI=1S/C7H9BrN4O/c8-6-5-9-7(11-10-6)12-1-3-13-4-2-12/h5H,1-4H2. The summed E-state index contributed by atoms with van der Waals surface area (Å²) < 4.78 is 5.87. The number of ether oxygens (including phenoxy) is 1. The molecule has 2 rings (SSSR count). The van der Waals surface area contributed by atoms with E-state index >= 15 is 0 Å². The maximum Gasteiger partial charge on any atom is 0.245 e. The summed E-state index contributed by atoms with van der Waals surface area (Å²) in [5.74, 6) is 0.673. The van der Waals surface area contributed by atoms with Gasteiger partial charge in [0.05, 0.1) is 19.4 Å². The molecule has 0 bridgehead atoms. The number of halogens is 1. The van der Waals surface area contributed by atoms with Gasteiger partial charge < -0.3 is 9.64 Å². The normalized spacial score (nSPS) is 17.5. The lowest BCUT2D eigenvalue weighted by Gasteiger charge is -2.25. The van der Waals surface area contributed by atoms with Gasteiger partial charge in [-0.2, -0.15) is 0 Å². The van der Waals surface area contributed by atoms with E-state index in [1.165, 1.54) is 0 Å². The van der Waals surface area contributed by atoms with Gasteiger partial charge in [-0.05, 0) is 15.9 Å². The number of anilines is 1. The van der Waals surface area contributed by atoms with E-state index in [-0.39, 0.29) is 0 Å². The van der Waals surface area contributed by atoms with Gasteiger partial charge in [0.25, 0.3) is 0 Å². The number of morpholine rings is 1. The van der Waals surface area contributed by atoms with Gasteiger partial charge in [0.15, 0.2) is 0 Å². The van der Waals surface area contributed by atoms with E-state index in [0.29, 0.717) is 10.6 Å². The molecule has 70 valence electrons. The molecular formula is C7H9BrN4O. The highest BCUT2D eigenvalue weighted by Gasteiger charge is 2.13. The van der Waals surface area contributed by atoms with Crippen LogP contribution in [-0.2, 0) is 4.74 Å². The highest BCUT2D eigenvalue weighted by molar-refractivity contribution is 9.10. The molecule has 5 nitrogen and oxygen atoms in total. The van der Waals surface area contributed by atoms with Crippen molar-refractivity contribution in [2.45, 2.75) is 0 Å². The number of rotatable bonds is 1. The molecule has 1 aromatic rings. The van der Waals surface area contributed by atoms with Crippen molar-refractivity contribution in [2.24, 2.45) is 0 Å². The van der Waals surface area contributed by atoms with Crippen LogP contribution in [0, 0.1) is 0 Å². The van der Waals surface area contributed by atoms with Crippen molar-refractivity contribution in [1.82, 2.24) is 15.2 Å². The van der Waals surface area contributed by atoms with Gasteiger partial charge in [-0.25, -0.2) is 4.98 Å². The minimum atomic E-state index is 0.657. The average molecular weight is 245 g/mol. The van der Waals surface area contributed by atoms with Crippen LogP contribution in [0.3, 0.4) is 0 Å². The number of nitrogens with zero attached hydrogens (tertiary/aromatic N) is 4. The lowest BCUT2D eigenvalue weighted by molar-refractivity contribution is 0.122. The largest absolute Gasteiger partial charge is 0.378 e. The fourth-order valence-electron chi connectivity index (χ4n) is 1.16. The van der Waals surface area contributed by atoms with Crippen LogP contribution < -0.4 is 4.90 Å². The van der Waals surface area contributed by atoms with Crippen molar-refractivity contribution < 1.29 is 4.74 Å². The van der Waals surface area contributed by atoms with Crippen molar-refractivity contribution in [3.63, 3.8) is 0 Å². The maximum absolute atomic E-state index is 5.22. The van der Waals surface area contributed by atoms with Gasteiger partial charge in [-0.15, -0.1) is 10.2 Å². The molecule has 0 unspecified atom stereocenters. The third kappa shape index (κ3) is 2.13. The van der Waals surface area contributed by atoms with Gasteiger partial charge >= 0.3 is 0 Å². The Morgan fingerprint density at radius 3 is 2.69 bits per heavy atom. The maximum atomic E-state index is 5.22. The highest BCUT2D eigenvalue weighted by atomic mass is 79.9. The lowest BCUT2D eigenvalue weighted by Crippen LogP contribution is -2.37. The number of hydrogen-bond acceptors (Lipinski definition) is 5. The molecule has 0 aliphatic carbocycles. The van der Waals surface area contributed by atoms with Crippen molar-refractivity contribution >= 4 is 21.9 Å². The van der Waals surface area contributed by atoms with Gasteiger partial charge in [0.2, 0.25) is 5.95 Å². The smallest absolute Gasteiger partial charge is 0.245 e. The summed E-state index contributed by atoms with van der Waals surface area (Å²) in [4.78, 5) is 6.21. The Labute approximate surface area is 84.3 Å². The first kappa shape index (κ1) is 8.83. The quantitative estimate of drug-likeness (QED) is 0.719. The van der Waals surface area contributed by atoms with E-state index in [1.54, 1.807) is 6.20 Å². The van der Waals surface area contributed by atoms with E-state index in [9.17, 15) is 0 Å². The first-order chi connectivity index (χ1) is 6.36. The Morgan fingerprint density at radius 1 is 1.31 bits per heavy atom. The summed E-state index contributed by atoms with van der Waals surface area (Å²) in [5, 5.41) is 7.84. The van der Waals surface area contributed by atoms with Gasteiger partial charge in [0, 0.05) is 13.1 Å². The Balaban J connectivity index is 2.10. The van der Waals surface area contributed by atoms with E-state index in [4.69, 9.17) is 4.74 Å². The zero-order valence-corrected chi connectivity index (χ0v) is 8.57. The molecular weight excluding hydrogens is 236 g/mol. The Kier molecular flexibility index (Phi) is 2.70. The lowest BCUT2D eigenvalue weighted by atomic mass is 10.4. The van der Waals surface area contributed by atoms with Crippen LogP contribution in [0.15, 0.2) is 10.8 Å². The van der Waals surface area contributed by atoms with Crippen LogP contribution in [-0.4, -0.2) is 41.5 Å². The fourth-order valence-corrected chi connectivity index (χ4v) is 1.35. The van der Waals surface area contributed by atoms with Gasteiger partial charge in [-0.1, -0.05) is 0 Å². The van der Waals surface area contributed by atoms with Crippen LogP contribution >= 0.6 is 15.9 Å². The minimum absolute atomic E-state index is 0.657. The fraction of sp³-hybridized carbons (Fsp3) is 0.571. The van der Waals surface area contributed by atoms with E-state index < -0.39 is 0 Å². The molecule has 0 saturated carbocycles. The van der Waals surface area contributed by atoms with E-state index in [2.05, 4.69) is 36.0 Å². The second-order valence-electron chi connectivity index (χ2n) is 2.68. The minimum Gasteiger partial charge on any atom is -0.378 e. The number of hydrogen-bond donors (Lipinski definition) is 0. The third-order valence-corrected chi connectivity index (χ3v) is 2.18. The summed E-state index contributed by atoms with van der Waals surface area (Å²) in [6.45, 7) is 3.14. The molecule has 2 heterocycles. The molecule has 1 saturated heterocycles. The zero-order valence-electron chi connectivity index (χ0n) is 6.98. The molecule has 13 heavy (non-hydrogen) atoms. The second-order valence-corrected chi connectivity index (χ2v) is 3.49. The Morgan fingerprint density at radius 2 is 2.08 bits per heavy atom. The molecule has 1 aliphatic heterocycles. The Hall–Kier alpha value is -0.750. The topological polar surface area (TPSA) is 51.1 Å². The molecule has 1 fully saturated rings. The SMILES string of the molecule is Brc1cnc(N2CCOCC2)nn1. The molecule has 1 aromatic heterocycles. The average Bonchev–Trinajstić information content (AvgIpc) is 2.20. The highest BCUT2D eigenvalue weighted by Crippen LogP contribution is 2.09. The van der Waals surface area contributed by atoms with Crippen molar-refractivity contribution in [2.75, 3.05) is 31.2 Å². The van der Waals surface area contributed by atoms with Crippen LogP contribution in [0.5, 0.6) is 0 Å². The van der Waals surface area contributed by atoms with Gasteiger partial charge in [-0.3, -0.25) is 0 Å². The van der Waals surface area contributed by atoms with Gasteiger partial charge in [0.1, 0.15) is 4.60 Å². The number of aromatic nitrogens is 3. The predicted molar refractivity (Wildman–Crippen MR) is 50.6 cm³/mol. The van der Waals surface area contributed by atoms with E-state index in [0.717, 1.165) is 26.3 Å². The molecule has 0 N–H and O–H groups in total. The third-order valence-electron chi connectivity index (χ3n) is 1.82. The first-order valence-electron chi connectivity index (χ1n) is 4.04. The van der Waals surface area contributed by atoms with Crippen LogP contribution in [0.1, 0.15) is 0 Å². The molecule has 6 heteroatoms. The Bertz CT molecular complexity index is 272. The van der Waals surface area contributed by atoms with Crippen LogP contribution in [0.25, 0.3) is 0 Å². The van der Waals surface area contributed by atoms with Crippen LogP contribution in [0.4, 0.5) is 5.95 Å². The van der Waals surface area contributed by atoms with Crippen molar-refractivity contribution in [3.8, 4) is 0 Å². The molecule has 1 aliphatic rings.